The van der Waals surface area contributed by atoms with Crippen molar-refractivity contribution in [1.29, 1.82) is 0 Å². The van der Waals surface area contributed by atoms with Crippen LogP contribution in [0.3, 0.4) is 0 Å². The molecule has 0 fully saturated rings. The lowest BCUT2D eigenvalue weighted by Crippen LogP contribution is -1.99. The van der Waals surface area contributed by atoms with Crippen molar-refractivity contribution in [2.75, 3.05) is 0 Å². The van der Waals surface area contributed by atoms with Crippen LogP contribution in [0.25, 0.3) is 81.2 Å². The van der Waals surface area contributed by atoms with Crippen molar-refractivity contribution in [2.45, 2.75) is 0 Å². The molecule has 0 aliphatic rings. The first-order valence-electron chi connectivity index (χ1n) is 18.6. The summed E-state index contributed by atoms with van der Waals surface area (Å²) >= 11 is 0. The maximum atomic E-state index is 4.93. The smallest absolute Gasteiger partial charge is 0.182 e. The SMILES string of the molecule is C(=C\c1ccc(-n2nc(-c3ccccc3)nc2-c2ccccc2)cc1)/c1ccc(/C=C/c2ccc(-n3nc(-c4ccccc4)nc3-c3ccccc3)cc2)cc1. The second-order valence-electron chi connectivity index (χ2n) is 13.3. The first-order valence-corrected chi connectivity index (χ1v) is 18.6. The maximum Gasteiger partial charge on any atom is 0.182 e. The van der Waals surface area contributed by atoms with Crippen LogP contribution in [0.15, 0.2) is 194 Å². The number of hydrogen-bond acceptors (Lipinski definition) is 4. The Balaban J connectivity index is 0.880. The summed E-state index contributed by atoms with van der Waals surface area (Å²) < 4.78 is 3.85. The molecule has 0 aliphatic carbocycles. The normalized spacial score (nSPS) is 11.4. The minimum Gasteiger partial charge on any atom is -0.213 e. The third-order valence-electron chi connectivity index (χ3n) is 9.49. The lowest BCUT2D eigenvalue weighted by molar-refractivity contribution is 0.890. The molecule has 266 valence electrons. The van der Waals surface area contributed by atoms with Crippen LogP contribution in [0.4, 0.5) is 0 Å². The van der Waals surface area contributed by atoms with Gasteiger partial charge in [0.1, 0.15) is 0 Å². The molecule has 0 amide bonds. The predicted molar refractivity (Wildman–Crippen MR) is 229 cm³/mol. The Morgan fingerprint density at radius 1 is 0.286 bits per heavy atom. The lowest BCUT2D eigenvalue weighted by atomic mass is 10.1. The fraction of sp³-hybridized carbons (Fsp3) is 0. The van der Waals surface area contributed by atoms with Crippen LogP contribution in [0, 0.1) is 0 Å². The zero-order valence-corrected chi connectivity index (χ0v) is 30.5. The third kappa shape index (κ3) is 7.53. The van der Waals surface area contributed by atoms with Crippen LogP contribution in [-0.4, -0.2) is 29.5 Å². The summed E-state index contributed by atoms with van der Waals surface area (Å²) in [6.07, 6.45) is 8.53. The summed E-state index contributed by atoms with van der Waals surface area (Å²) in [5.74, 6) is 3.01. The van der Waals surface area contributed by atoms with Gasteiger partial charge < -0.3 is 0 Å². The minimum absolute atomic E-state index is 0.697. The van der Waals surface area contributed by atoms with Crippen LogP contribution >= 0.6 is 0 Å². The second kappa shape index (κ2) is 15.7. The topological polar surface area (TPSA) is 61.4 Å². The van der Waals surface area contributed by atoms with Gasteiger partial charge in [-0.25, -0.2) is 19.3 Å². The average Bonchev–Trinajstić information content (AvgIpc) is 3.94. The monoisotopic (exact) mass is 720 g/mol. The highest BCUT2D eigenvalue weighted by Crippen LogP contribution is 2.27. The molecule has 0 radical (unpaired) electrons. The summed E-state index contributed by atoms with van der Waals surface area (Å²) in [6, 6.07) is 65.9. The van der Waals surface area contributed by atoms with E-state index < -0.39 is 0 Å². The van der Waals surface area contributed by atoms with Gasteiger partial charge in [0.05, 0.1) is 11.4 Å². The maximum absolute atomic E-state index is 4.93. The summed E-state index contributed by atoms with van der Waals surface area (Å²) in [6.45, 7) is 0. The van der Waals surface area contributed by atoms with E-state index in [1.807, 2.05) is 106 Å². The molecular formula is C50H36N6. The first-order chi connectivity index (χ1) is 27.7. The highest BCUT2D eigenvalue weighted by Gasteiger charge is 2.16. The molecule has 0 atom stereocenters. The molecule has 56 heavy (non-hydrogen) atoms. The molecule has 0 saturated carbocycles. The summed E-state index contributed by atoms with van der Waals surface area (Å²) in [7, 11) is 0. The Labute approximate surface area is 326 Å². The minimum atomic E-state index is 0.697. The van der Waals surface area contributed by atoms with Gasteiger partial charge in [0, 0.05) is 22.3 Å². The third-order valence-corrected chi connectivity index (χ3v) is 9.49. The van der Waals surface area contributed by atoms with Gasteiger partial charge in [0.15, 0.2) is 23.3 Å². The van der Waals surface area contributed by atoms with Gasteiger partial charge in [-0.05, 0) is 46.5 Å². The van der Waals surface area contributed by atoms with Gasteiger partial charge in [-0.3, -0.25) is 0 Å². The van der Waals surface area contributed by atoms with Crippen molar-refractivity contribution >= 4 is 24.3 Å². The van der Waals surface area contributed by atoms with E-state index >= 15 is 0 Å². The molecule has 7 aromatic carbocycles. The Morgan fingerprint density at radius 2 is 0.554 bits per heavy atom. The quantitative estimate of drug-likeness (QED) is 0.132. The van der Waals surface area contributed by atoms with Gasteiger partial charge >= 0.3 is 0 Å². The van der Waals surface area contributed by atoms with Crippen molar-refractivity contribution in [3.05, 3.63) is 216 Å². The van der Waals surface area contributed by atoms with Crippen LogP contribution < -0.4 is 0 Å². The Hall–Kier alpha value is -7.70. The highest BCUT2D eigenvalue weighted by atomic mass is 15.4. The van der Waals surface area contributed by atoms with E-state index in [2.05, 4.69) is 121 Å². The van der Waals surface area contributed by atoms with Gasteiger partial charge in [-0.2, -0.15) is 0 Å². The van der Waals surface area contributed by atoms with E-state index in [4.69, 9.17) is 20.2 Å². The second-order valence-corrected chi connectivity index (χ2v) is 13.3. The number of aromatic nitrogens is 6. The molecule has 0 unspecified atom stereocenters. The van der Waals surface area contributed by atoms with Crippen LogP contribution in [0.5, 0.6) is 0 Å². The van der Waals surface area contributed by atoms with Gasteiger partial charge in [0.2, 0.25) is 0 Å². The summed E-state index contributed by atoms with van der Waals surface area (Å²) in [5.41, 5.74) is 10.4. The first kappa shape index (κ1) is 34.1. The molecule has 0 aliphatic heterocycles. The number of rotatable bonds is 10. The van der Waals surface area contributed by atoms with Crippen LogP contribution in [0.1, 0.15) is 22.3 Å². The molecule has 0 bridgehead atoms. The molecule has 0 N–H and O–H groups in total. The summed E-state index contributed by atoms with van der Waals surface area (Å²) in [4.78, 5) is 9.85. The van der Waals surface area contributed by atoms with Gasteiger partial charge in [0.25, 0.3) is 0 Å². The number of benzene rings is 7. The standard InChI is InChI=1S/C50H36N6/c1-5-13-41(14-6-1)47-51-49(43-17-9-3-10-18-43)55(53-47)45-33-29-39(30-34-45)27-25-37-21-23-38(24-22-37)26-28-40-31-35-46(36-32-40)56-50(44-19-11-4-12-20-44)52-48(54-56)42-15-7-2-8-16-42/h1-36H/b27-25+,28-26+. The van der Waals surface area contributed by atoms with Crippen molar-refractivity contribution in [2.24, 2.45) is 0 Å². The fourth-order valence-electron chi connectivity index (χ4n) is 6.51. The molecule has 0 spiro atoms. The van der Waals surface area contributed by atoms with Gasteiger partial charge in [-0.15, -0.1) is 10.2 Å². The van der Waals surface area contributed by atoms with Crippen molar-refractivity contribution in [3.63, 3.8) is 0 Å². The van der Waals surface area contributed by atoms with Crippen molar-refractivity contribution < 1.29 is 0 Å². The van der Waals surface area contributed by atoms with Crippen LogP contribution in [-0.2, 0) is 0 Å². The number of nitrogens with zero attached hydrogens (tertiary/aromatic N) is 6. The van der Waals surface area contributed by atoms with E-state index in [0.717, 1.165) is 67.5 Å². The molecule has 9 aromatic rings. The van der Waals surface area contributed by atoms with E-state index in [0.29, 0.717) is 11.6 Å². The molecule has 6 heteroatoms. The molecule has 2 aromatic heterocycles. The predicted octanol–water partition coefficient (Wildman–Crippen LogP) is 11.9. The van der Waals surface area contributed by atoms with Crippen LogP contribution in [0.2, 0.25) is 0 Å². The summed E-state index contributed by atoms with van der Waals surface area (Å²) in [5, 5.41) is 9.82. The molecule has 9 rings (SSSR count). The van der Waals surface area contributed by atoms with Crippen molar-refractivity contribution in [1.82, 2.24) is 29.5 Å². The molecular weight excluding hydrogens is 685 g/mol. The zero-order chi connectivity index (χ0) is 37.5. The number of hydrogen-bond donors (Lipinski definition) is 0. The zero-order valence-electron chi connectivity index (χ0n) is 30.5. The molecule has 2 heterocycles. The van der Waals surface area contributed by atoms with E-state index in [1.165, 1.54) is 0 Å². The van der Waals surface area contributed by atoms with E-state index in [1.54, 1.807) is 0 Å². The molecule has 0 saturated heterocycles. The van der Waals surface area contributed by atoms with Crippen molar-refractivity contribution in [3.8, 4) is 56.9 Å². The van der Waals surface area contributed by atoms with E-state index in [9.17, 15) is 0 Å². The van der Waals surface area contributed by atoms with E-state index in [-0.39, 0.29) is 0 Å². The Kier molecular flexibility index (Phi) is 9.57. The highest BCUT2D eigenvalue weighted by molar-refractivity contribution is 5.74. The average molecular weight is 721 g/mol. The fourth-order valence-corrected chi connectivity index (χ4v) is 6.51. The Bertz CT molecular complexity index is 2540. The largest absolute Gasteiger partial charge is 0.213 e. The van der Waals surface area contributed by atoms with Gasteiger partial charge in [-0.1, -0.05) is 194 Å². The Morgan fingerprint density at radius 3 is 0.857 bits per heavy atom. The lowest BCUT2D eigenvalue weighted by Gasteiger charge is -2.06. The molecule has 6 nitrogen and oxygen atoms in total.